The van der Waals surface area contributed by atoms with E-state index < -0.39 is 5.60 Å². The average molecular weight is 198 g/mol. The van der Waals surface area contributed by atoms with Gasteiger partial charge in [-0.1, -0.05) is 13.8 Å². The molecular weight excluding hydrogens is 176 g/mol. The normalized spacial score (nSPS) is 45.9. The molecule has 2 nitrogen and oxygen atoms in total. The Morgan fingerprint density at radius 1 is 1.29 bits per heavy atom. The van der Waals surface area contributed by atoms with Gasteiger partial charge >= 0.3 is 0 Å². The van der Waals surface area contributed by atoms with Crippen LogP contribution in [0.2, 0.25) is 0 Å². The molecule has 82 valence electrons. The molecule has 2 heteroatoms. The van der Waals surface area contributed by atoms with Crippen molar-refractivity contribution in [3.8, 4) is 0 Å². The highest BCUT2D eigenvalue weighted by Gasteiger charge is 2.69. The topological polar surface area (TPSA) is 40.5 Å². The van der Waals surface area contributed by atoms with Crippen molar-refractivity contribution in [2.45, 2.75) is 58.7 Å². The van der Waals surface area contributed by atoms with Crippen LogP contribution in [0.3, 0.4) is 0 Å². The molecule has 0 amide bonds. The maximum Gasteiger partial charge on any atom is 0.0677 e. The fraction of sp³-hybridized carbons (Fsp3) is 1.00. The van der Waals surface area contributed by atoms with Gasteiger partial charge in [0, 0.05) is 5.41 Å². The van der Waals surface area contributed by atoms with E-state index in [2.05, 4.69) is 13.8 Å². The fourth-order valence-electron chi connectivity index (χ4n) is 4.43. The molecule has 2 aliphatic rings. The number of rotatable bonds is 1. The Bertz CT molecular complexity index is 252. The summed E-state index contributed by atoms with van der Waals surface area (Å²) in [5, 5.41) is 20.5. The lowest BCUT2D eigenvalue weighted by Crippen LogP contribution is -2.54. The van der Waals surface area contributed by atoms with Gasteiger partial charge in [0.2, 0.25) is 0 Å². The summed E-state index contributed by atoms with van der Waals surface area (Å²) in [7, 11) is 0. The summed E-state index contributed by atoms with van der Waals surface area (Å²) in [5.74, 6) is 0.587. The summed E-state index contributed by atoms with van der Waals surface area (Å²) < 4.78 is 0. The minimum atomic E-state index is -0.777. The predicted octanol–water partition coefficient (Wildman–Crippen LogP) is 1.94. The largest absolute Gasteiger partial charge is 0.392 e. The van der Waals surface area contributed by atoms with E-state index in [-0.39, 0.29) is 16.9 Å². The second-order valence-corrected chi connectivity index (χ2v) is 6.24. The molecule has 0 aliphatic heterocycles. The monoisotopic (exact) mass is 198 g/mol. The van der Waals surface area contributed by atoms with Gasteiger partial charge < -0.3 is 10.2 Å². The number of hydrogen-bond acceptors (Lipinski definition) is 2. The Labute approximate surface area is 86.3 Å². The molecule has 14 heavy (non-hydrogen) atoms. The van der Waals surface area contributed by atoms with Gasteiger partial charge in [0.1, 0.15) is 0 Å². The predicted molar refractivity (Wildman–Crippen MR) is 55.9 cm³/mol. The first-order chi connectivity index (χ1) is 6.23. The zero-order chi connectivity index (χ0) is 10.8. The van der Waals surface area contributed by atoms with Crippen LogP contribution in [0.5, 0.6) is 0 Å². The summed E-state index contributed by atoms with van der Waals surface area (Å²) in [6, 6.07) is 0. The van der Waals surface area contributed by atoms with Gasteiger partial charge in [0.05, 0.1) is 11.7 Å². The Hall–Kier alpha value is -0.0800. The summed E-state index contributed by atoms with van der Waals surface area (Å²) in [6.45, 7) is 8.12. The SMILES string of the molecule is CC(C)(O)C12CCC(CC1O)C2(C)C. The lowest BCUT2D eigenvalue weighted by Gasteiger charge is -2.49. The van der Waals surface area contributed by atoms with Crippen LogP contribution in [-0.2, 0) is 0 Å². The van der Waals surface area contributed by atoms with Crippen LogP contribution in [-0.4, -0.2) is 21.9 Å². The lowest BCUT2D eigenvalue weighted by molar-refractivity contribution is -0.149. The Morgan fingerprint density at radius 3 is 2.07 bits per heavy atom. The third kappa shape index (κ3) is 0.892. The van der Waals surface area contributed by atoms with Crippen molar-refractivity contribution in [1.82, 2.24) is 0 Å². The molecule has 2 N–H and O–H groups in total. The molecule has 3 unspecified atom stereocenters. The molecule has 2 rings (SSSR count). The molecule has 2 bridgehead atoms. The minimum Gasteiger partial charge on any atom is -0.392 e. The van der Waals surface area contributed by atoms with Crippen molar-refractivity contribution < 1.29 is 10.2 Å². The van der Waals surface area contributed by atoms with Gasteiger partial charge in [-0.3, -0.25) is 0 Å². The Kier molecular flexibility index (Phi) is 1.89. The second kappa shape index (κ2) is 2.53. The number of aliphatic hydroxyl groups is 2. The molecule has 0 aromatic heterocycles. The van der Waals surface area contributed by atoms with Crippen LogP contribution >= 0.6 is 0 Å². The first kappa shape index (κ1) is 10.4. The highest BCUT2D eigenvalue weighted by atomic mass is 16.3. The zero-order valence-corrected chi connectivity index (χ0v) is 9.67. The molecule has 0 aromatic carbocycles. The van der Waals surface area contributed by atoms with Crippen molar-refractivity contribution >= 4 is 0 Å². The van der Waals surface area contributed by atoms with Gasteiger partial charge in [0.25, 0.3) is 0 Å². The first-order valence-corrected chi connectivity index (χ1v) is 5.64. The molecule has 0 heterocycles. The van der Waals surface area contributed by atoms with Crippen molar-refractivity contribution in [2.24, 2.45) is 16.7 Å². The van der Waals surface area contributed by atoms with Crippen molar-refractivity contribution in [1.29, 1.82) is 0 Å². The van der Waals surface area contributed by atoms with E-state index in [0.717, 1.165) is 19.3 Å². The van der Waals surface area contributed by atoms with Gasteiger partial charge in [-0.2, -0.15) is 0 Å². The van der Waals surface area contributed by atoms with Crippen molar-refractivity contribution in [3.05, 3.63) is 0 Å². The molecule has 0 aromatic rings. The van der Waals surface area contributed by atoms with Crippen LogP contribution in [0.25, 0.3) is 0 Å². The summed E-state index contributed by atoms with van der Waals surface area (Å²) in [4.78, 5) is 0. The molecular formula is C12H22O2. The molecule has 2 fully saturated rings. The Balaban J connectivity index is 2.50. The van der Waals surface area contributed by atoms with E-state index in [1.807, 2.05) is 13.8 Å². The Morgan fingerprint density at radius 2 is 1.86 bits per heavy atom. The quantitative estimate of drug-likeness (QED) is 0.676. The molecule has 0 saturated heterocycles. The highest BCUT2D eigenvalue weighted by molar-refractivity contribution is 5.18. The first-order valence-electron chi connectivity index (χ1n) is 5.64. The van der Waals surface area contributed by atoms with Crippen LogP contribution in [0.4, 0.5) is 0 Å². The molecule has 2 saturated carbocycles. The van der Waals surface area contributed by atoms with E-state index in [0.29, 0.717) is 5.92 Å². The molecule has 0 radical (unpaired) electrons. The lowest BCUT2D eigenvalue weighted by atomic mass is 9.60. The van der Waals surface area contributed by atoms with Crippen molar-refractivity contribution in [2.75, 3.05) is 0 Å². The zero-order valence-electron chi connectivity index (χ0n) is 9.67. The summed E-state index contributed by atoms with van der Waals surface area (Å²) in [6.07, 6.45) is 2.68. The van der Waals surface area contributed by atoms with Gasteiger partial charge in [0.15, 0.2) is 0 Å². The maximum absolute atomic E-state index is 10.3. The van der Waals surface area contributed by atoms with E-state index >= 15 is 0 Å². The number of aliphatic hydroxyl groups excluding tert-OH is 1. The smallest absolute Gasteiger partial charge is 0.0677 e. The van der Waals surface area contributed by atoms with Gasteiger partial charge in [-0.15, -0.1) is 0 Å². The second-order valence-electron chi connectivity index (χ2n) is 6.24. The van der Waals surface area contributed by atoms with Crippen molar-refractivity contribution in [3.63, 3.8) is 0 Å². The van der Waals surface area contributed by atoms with E-state index in [1.165, 1.54) is 0 Å². The standard InChI is InChI=1S/C12H22O2/c1-10(2)8-5-6-12(10,9(13)7-8)11(3,4)14/h8-9,13-14H,5-7H2,1-4H3. The summed E-state index contributed by atoms with van der Waals surface area (Å²) in [5.41, 5.74) is -0.990. The van der Waals surface area contributed by atoms with Crippen LogP contribution < -0.4 is 0 Å². The minimum absolute atomic E-state index is 0.0741. The van der Waals surface area contributed by atoms with E-state index in [9.17, 15) is 10.2 Å². The summed E-state index contributed by atoms with van der Waals surface area (Å²) >= 11 is 0. The van der Waals surface area contributed by atoms with E-state index in [1.54, 1.807) is 0 Å². The maximum atomic E-state index is 10.3. The van der Waals surface area contributed by atoms with Crippen LogP contribution in [0.1, 0.15) is 47.0 Å². The average Bonchev–Trinajstić information content (AvgIpc) is 2.34. The van der Waals surface area contributed by atoms with Crippen LogP contribution in [0, 0.1) is 16.7 Å². The van der Waals surface area contributed by atoms with E-state index in [4.69, 9.17) is 0 Å². The van der Waals surface area contributed by atoms with Crippen LogP contribution in [0.15, 0.2) is 0 Å². The number of fused-ring (bicyclic) bond motifs is 2. The molecule has 3 atom stereocenters. The molecule has 2 aliphatic carbocycles. The molecule has 0 spiro atoms. The van der Waals surface area contributed by atoms with Gasteiger partial charge in [-0.25, -0.2) is 0 Å². The number of hydrogen-bond donors (Lipinski definition) is 2. The third-order valence-corrected chi connectivity index (χ3v) is 5.23. The fourth-order valence-corrected chi connectivity index (χ4v) is 4.43. The highest BCUT2D eigenvalue weighted by Crippen LogP contribution is 2.69. The van der Waals surface area contributed by atoms with Gasteiger partial charge in [-0.05, 0) is 44.4 Å². The third-order valence-electron chi connectivity index (χ3n) is 5.23.